The maximum atomic E-state index is 9.36. The van der Waals surface area contributed by atoms with Crippen molar-refractivity contribution in [3.8, 4) is 6.07 Å². The normalized spacial score (nSPS) is 28.8. The monoisotopic (exact) mass is 272 g/mol. The fraction of sp³-hybridized carbons (Fsp3) is 0.667. The number of hydrogen-bond acceptors (Lipinski definition) is 5. The molecule has 1 aromatic heterocycles. The van der Waals surface area contributed by atoms with E-state index >= 15 is 0 Å². The molecule has 1 saturated heterocycles. The molecule has 5 heteroatoms. The Morgan fingerprint density at radius 2 is 2.10 bits per heavy atom. The van der Waals surface area contributed by atoms with Crippen LogP contribution >= 0.6 is 0 Å². The lowest BCUT2D eigenvalue weighted by Crippen LogP contribution is -2.38. The van der Waals surface area contributed by atoms with Crippen LogP contribution in [0.2, 0.25) is 0 Å². The van der Waals surface area contributed by atoms with Gasteiger partial charge in [-0.2, -0.15) is 10.4 Å². The summed E-state index contributed by atoms with van der Waals surface area (Å²) in [6.07, 6.45) is 4.92. The van der Waals surface area contributed by atoms with E-state index in [1.54, 1.807) is 0 Å². The average Bonchev–Trinajstić information content (AvgIpc) is 2.93. The van der Waals surface area contributed by atoms with E-state index in [9.17, 15) is 5.26 Å². The van der Waals surface area contributed by atoms with Crippen molar-refractivity contribution in [3.63, 3.8) is 0 Å². The second kappa shape index (κ2) is 5.37. The number of nitrogens with one attached hydrogen (secondary N) is 1. The third-order valence-corrected chi connectivity index (χ3v) is 4.67. The molecule has 0 bridgehead atoms. The third-order valence-electron chi connectivity index (χ3n) is 4.67. The first-order valence-corrected chi connectivity index (χ1v) is 7.33. The van der Waals surface area contributed by atoms with Crippen LogP contribution in [0, 0.1) is 31.1 Å². The van der Waals surface area contributed by atoms with Gasteiger partial charge in [-0.3, -0.25) is 0 Å². The number of ether oxygens (including phenoxy) is 1. The number of nitriles is 1. The van der Waals surface area contributed by atoms with E-state index in [0.717, 1.165) is 37.1 Å². The highest BCUT2D eigenvalue weighted by Crippen LogP contribution is 2.36. The van der Waals surface area contributed by atoms with Gasteiger partial charge in [0.05, 0.1) is 11.8 Å². The quantitative estimate of drug-likeness (QED) is 0.894. The van der Waals surface area contributed by atoms with E-state index in [1.807, 2.05) is 13.8 Å². The third kappa shape index (κ3) is 2.25. The Bertz CT molecular complexity index is 552. The lowest BCUT2D eigenvalue weighted by atomic mass is 9.82. The van der Waals surface area contributed by atoms with E-state index in [4.69, 9.17) is 4.74 Å². The largest absolute Gasteiger partial charge is 0.378 e. The van der Waals surface area contributed by atoms with Crippen molar-refractivity contribution in [1.82, 2.24) is 10.2 Å². The molecule has 0 unspecified atom stereocenters. The van der Waals surface area contributed by atoms with Crippen LogP contribution in [-0.4, -0.2) is 29.0 Å². The molecule has 1 N–H and O–H groups in total. The Hall–Kier alpha value is -1.67. The van der Waals surface area contributed by atoms with E-state index in [1.165, 1.54) is 6.42 Å². The van der Waals surface area contributed by atoms with Crippen LogP contribution in [0.25, 0.3) is 0 Å². The first-order valence-electron chi connectivity index (χ1n) is 7.33. The van der Waals surface area contributed by atoms with Gasteiger partial charge < -0.3 is 10.1 Å². The molecular weight excluding hydrogens is 252 g/mol. The van der Waals surface area contributed by atoms with Crippen LogP contribution in [-0.2, 0) is 4.74 Å². The minimum atomic E-state index is 0.347. The summed E-state index contributed by atoms with van der Waals surface area (Å²) in [7, 11) is 0. The average molecular weight is 272 g/mol. The van der Waals surface area contributed by atoms with E-state index < -0.39 is 0 Å². The van der Waals surface area contributed by atoms with Gasteiger partial charge in [0.25, 0.3) is 0 Å². The van der Waals surface area contributed by atoms with Crippen molar-refractivity contribution in [2.24, 2.45) is 5.92 Å². The molecule has 2 heterocycles. The first-order chi connectivity index (χ1) is 9.70. The smallest absolute Gasteiger partial charge is 0.167 e. The standard InChI is InChI=1S/C15H20N4O/c1-9-10(2)18-19-15(12(9)8-16)17-13-4-3-5-14-11(13)6-7-20-14/h11,13-14H,3-7H2,1-2H3,(H,17,19)/t11-,13+,14+/m0/s1. The van der Waals surface area contributed by atoms with E-state index in [2.05, 4.69) is 21.6 Å². The molecule has 2 aliphatic rings. The van der Waals surface area contributed by atoms with Gasteiger partial charge >= 0.3 is 0 Å². The van der Waals surface area contributed by atoms with Crippen LogP contribution in [0.15, 0.2) is 0 Å². The number of rotatable bonds is 2. The molecular formula is C15H20N4O. The molecule has 0 spiro atoms. The van der Waals surface area contributed by atoms with Crippen molar-refractivity contribution >= 4 is 5.82 Å². The van der Waals surface area contributed by atoms with Crippen molar-refractivity contribution in [2.45, 2.75) is 51.7 Å². The summed E-state index contributed by atoms with van der Waals surface area (Å²) in [5.41, 5.74) is 2.36. The summed E-state index contributed by atoms with van der Waals surface area (Å²) in [6, 6.07) is 2.60. The fourth-order valence-corrected chi connectivity index (χ4v) is 3.38. The Balaban J connectivity index is 1.84. The maximum absolute atomic E-state index is 9.36. The van der Waals surface area contributed by atoms with Gasteiger partial charge in [-0.1, -0.05) is 0 Å². The summed E-state index contributed by atoms with van der Waals surface area (Å²) in [4.78, 5) is 0. The second-order valence-corrected chi connectivity index (χ2v) is 5.79. The highest BCUT2D eigenvalue weighted by molar-refractivity contribution is 5.56. The van der Waals surface area contributed by atoms with Gasteiger partial charge in [-0.15, -0.1) is 5.10 Å². The maximum Gasteiger partial charge on any atom is 0.167 e. The zero-order chi connectivity index (χ0) is 14.1. The van der Waals surface area contributed by atoms with Gasteiger partial charge in [0.2, 0.25) is 0 Å². The summed E-state index contributed by atoms with van der Waals surface area (Å²) in [5.74, 6) is 1.17. The Labute approximate surface area is 119 Å². The van der Waals surface area contributed by atoms with Crippen LogP contribution < -0.4 is 5.32 Å². The minimum Gasteiger partial charge on any atom is -0.378 e. The molecule has 106 valence electrons. The zero-order valence-electron chi connectivity index (χ0n) is 12.0. The van der Waals surface area contributed by atoms with Gasteiger partial charge in [0, 0.05) is 18.6 Å². The molecule has 3 rings (SSSR count). The highest BCUT2D eigenvalue weighted by Gasteiger charge is 2.38. The number of fused-ring (bicyclic) bond motifs is 1. The molecule has 20 heavy (non-hydrogen) atoms. The first kappa shape index (κ1) is 13.3. The highest BCUT2D eigenvalue weighted by atomic mass is 16.5. The zero-order valence-corrected chi connectivity index (χ0v) is 12.0. The van der Waals surface area contributed by atoms with E-state index in [0.29, 0.717) is 29.4 Å². The van der Waals surface area contributed by atoms with Crippen LogP contribution in [0.4, 0.5) is 5.82 Å². The van der Waals surface area contributed by atoms with Crippen molar-refractivity contribution < 1.29 is 4.74 Å². The number of hydrogen-bond donors (Lipinski definition) is 1. The fourth-order valence-electron chi connectivity index (χ4n) is 3.38. The summed E-state index contributed by atoms with van der Waals surface area (Å²) in [5, 5.41) is 21.2. The molecule has 0 aromatic carbocycles. The second-order valence-electron chi connectivity index (χ2n) is 5.79. The molecule has 3 atom stereocenters. The number of aryl methyl sites for hydroxylation is 1. The van der Waals surface area contributed by atoms with E-state index in [-0.39, 0.29) is 0 Å². The van der Waals surface area contributed by atoms with Crippen molar-refractivity contribution in [3.05, 3.63) is 16.8 Å². The van der Waals surface area contributed by atoms with Gasteiger partial charge in [0.15, 0.2) is 5.82 Å². The van der Waals surface area contributed by atoms with Crippen LogP contribution in [0.5, 0.6) is 0 Å². The molecule has 5 nitrogen and oxygen atoms in total. The molecule has 1 aliphatic heterocycles. The SMILES string of the molecule is Cc1nnc(N[C@@H]2CCC[C@H]3OCC[C@@H]23)c(C#N)c1C. The Kier molecular flexibility index (Phi) is 3.58. The Morgan fingerprint density at radius 1 is 1.25 bits per heavy atom. The number of aromatic nitrogens is 2. The van der Waals surface area contributed by atoms with Gasteiger partial charge in [-0.05, 0) is 45.1 Å². The molecule has 0 radical (unpaired) electrons. The van der Waals surface area contributed by atoms with Gasteiger partial charge in [-0.25, -0.2) is 0 Å². The minimum absolute atomic E-state index is 0.347. The Morgan fingerprint density at radius 3 is 2.90 bits per heavy atom. The van der Waals surface area contributed by atoms with Crippen LogP contribution in [0.1, 0.15) is 42.5 Å². The molecule has 1 saturated carbocycles. The summed E-state index contributed by atoms with van der Waals surface area (Å²) in [6.45, 7) is 4.67. The van der Waals surface area contributed by atoms with Crippen LogP contribution in [0.3, 0.4) is 0 Å². The van der Waals surface area contributed by atoms with Crippen molar-refractivity contribution in [2.75, 3.05) is 11.9 Å². The summed E-state index contributed by atoms with van der Waals surface area (Å²) < 4.78 is 5.78. The van der Waals surface area contributed by atoms with Crippen molar-refractivity contribution in [1.29, 1.82) is 5.26 Å². The number of nitrogens with zero attached hydrogens (tertiary/aromatic N) is 3. The summed E-state index contributed by atoms with van der Waals surface area (Å²) >= 11 is 0. The molecule has 1 aromatic rings. The lowest BCUT2D eigenvalue weighted by molar-refractivity contribution is 0.0619. The molecule has 2 fully saturated rings. The lowest BCUT2D eigenvalue weighted by Gasteiger charge is -2.33. The number of anilines is 1. The van der Waals surface area contributed by atoms with Gasteiger partial charge in [0.1, 0.15) is 11.6 Å². The molecule has 1 aliphatic carbocycles. The topological polar surface area (TPSA) is 70.8 Å². The predicted molar refractivity (Wildman–Crippen MR) is 75.3 cm³/mol. The molecule has 0 amide bonds. The predicted octanol–water partition coefficient (Wildman–Crippen LogP) is 2.33.